The van der Waals surface area contributed by atoms with Crippen LogP contribution in [0.3, 0.4) is 0 Å². The summed E-state index contributed by atoms with van der Waals surface area (Å²) < 4.78 is 7.28. The first-order valence-electron chi connectivity index (χ1n) is 7.70. The van der Waals surface area contributed by atoms with Gasteiger partial charge in [0, 0.05) is 30.1 Å². The fourth-order valence-corrected chi connectivity index (χ4v) is 3.01. The largest absolute Gasteiger partial charge is 0.497 e. The van der Waals surface area contributed by atoms with Crippen molar-refractivity contribution < 1.29 is 14.6 Å². The molecule has 0 saturated heterocycles. The third kappa shape index (κ3) is 4.91. The van der Waals surface area contributed by atoms with Gasteiger partial charge in [0.1, 0.15) is 5.75 Å². The van der Waals surface area contributed by atoms with E-state index in [-0.39, 0.29) is 18.6 Å². The van der Waals surface area contributed by atoms with Crippen molar-refractivity contribution in [2.24, 2.45) is 0 Å². The summed E-state index contributed by atoms with van der Waals surface area (Å²) in [5.74, 6) is 1.73. The van der Waals surface area contributed by atoms with Gasteiger partial charge in [-0.05, 0) is 42.7 Å². The summed E-state index contributed by atoms with van der Waals surface area (Å²) in [6.07, 6.45) is 5.18. The fourth-order valence-electron chi connectivity index (χ4n) is 2.49. The average Bonchev–Trinajstić information content (AvgIpc) is 2.98. The van der Waals surface area contributed by atoms with Gasteiger partial charge in [-0.3, -0.25) is 4.79 Å². The fraction of sp³-hybridized carbons (Fsp3) is 0.471. The molecule has 5 nitrogen and oxygen atoms in total. The van der Waals surface area contributed by atoms with Crippen LogP contribution in [0.5, 0.6) is 5.75 Å². The molecule has 1 amide bonds. The molecule has 0 radical (unpaired) electrons. The lowest BCUT2D eigenvalue weighted by Crippen LogP contribution is -2.38. The van der Waals surface area contributed by atoms with Crippen molar-refractivity contribution in [2.75, 3.05) is 25.7 Å². The van der Waals surface area contributed by atoms with Crippen molar-refractivity contribution >= 4 is 28.6 Å². The molecule has 0 saturated carbocycles. The van der Waals surface area contributed by atoms with Crippen LogP contribution in [0.4, 0.5) is 0 Å². The summed E-state index contributed by atoms with van der Waals surface area (Å²) in [4.78, 5) is 12.0. The van der Waals surface area contributed by atoms with Gasteiger partial charge in [-0.2, -0.15) is 11.8 Å². The number of carbonyl (C=O) groups excluding carboxylic acids is 1. The Labute approximate surface area is 141 Å². The maximum Gasteiger partial charge on any atom is 0.222 e. The molecule has 1 heterocycles. The lowest BCUT2D eigenvalue weighted by molar-refractivity contribution is -0.122. The Morgan fingerprint density at radius 1 is 1.43 bits per heavy atom. The van der Waals surface area contributed by atoms with Gasteiger partial charge in [-0.25, -0.2) is 0 Å². The number of nitrogens with one attached hydrogen (secondary N) is 1. The summed E-state index contributed by atoms with van der Waals surface area (Å²) >= 11 is 1.71. The van der Waals surface area contributed by atoms with E-state index in [9.17, 15) is 9.90 Å². The SMILES string of the molecule is COc1ccc2c(ccn2CCC(=O)N[C@@H](CO)CCSC)c1. The molecular formula is C17H24N2O3S. The Hall–Kier alpha value is -1.66. The highest BCUT2D eigenvalue weighted by Crippen LogP contribution is 2.22. The molecule has 0 fully saturated rings. The molecule has 1 atom stereocenters. The van der Waals surface area contributed by atoms with Crippen LogP contribution in [0.1, 0.15) is 12.8 Å². The molecule has 2 rings (SSSR count). The zero-order valence-corrected chi connectivity index (χ0v) is 14.4. The summed E-state index contributed by atoms with van der Waals surface area (Å²) in [7, 11) is 1.65. The van der Waals surface area contributed by atoms with E-state index >= 15 is 0 Å². The molecule has 23 heavy (non-hydrogen) atoms. The number of hydrogen-bond acceptors (Lipinski definition) is 4. The lowest BCUT2D eigenvalue weighted by atomic mass is 10.2. The highest BCUT2D eigenvalue weighted by Gasteiger charge is 2.11. The van der Waals surface area contributed by atoms with Gasteiger partial charge in [0.05, 0.1) is 19.8 Å². The number of nitrogens with zero attached hydrogens (tertiary/aromatic N) is 1. The van der Waals surface area contributed by atoms with E-state index in [1.807, 2.05) is 36.7 Å². The van der Waals surface area contributed by atoms with Crippen LogP contribution in [-0.4, -0.2) is 47.3 Å². The molecule has 2 aromatic rings. The first-order chi connectivity index (χ1) is 11.2. The zero-order chi connectivity index (χ0) is 16.7. The number of methoxy groups -OCH3 is 1. The summed E-state index contributed by atoms with van der Waals surface area (Å²) in [6.45, 7) is 0.598. The monoisotopic (exact) mass is 336 g/mol. The average molecular weight is 336 g/mol. The Balaban J connectivity index is 1.91. The van der Waals surface area contributed by atoms with E-state index in [1.54, 1.807) is 18.9 Å². The molecule has 0 unspecified atom stereocenters. The number of aryl methyl sites for hydroxylation is 1. The first-order valence-corrected chi connectivity index (χ1v) is 9.09. The van der Waals surface area contributed by atoms with E-state index in [2.05, 4.69) is 9.88 Å². The van der Waals surface area contributed by atoms with Crippen molar-refractivity contribution in [1.29, 1.82) is 0 Å². The van der Waals surface area contributed by atoms with Crippen LogP contribution in [0.15, 0.2) is 30.5 Å². The molecule has 0 bridgehead atoms. The molecule has 1 aromatic carbocycles. The van der Waals surface area contributed by atoms with E-state index in [0.717, 1.165) is 28.8 Å². The number of benzene rings is 1. The summed E-state index contributed by atoms with van der Waals surface area (Å²) in [5, 5.41) is 13.3. The smallest absolute Gasteiger partial charge is 0.222 e. The highest BCUT2D eigenvalue weighted by atomic mass is 32.2. The van der Waals surface area contributed by atoms with Crippen LogP contribution in [0.2, 0.25) is 0 Å². The molecular weight excluding hydrogens is 312 g/mol. The van der Waals surface area contributed by atoms with Gasteiger partial charge >= 0.3 is 0 Å². The molecule has 2 N–H and O–H groups in total. The zero-order valence-electron chi connectivity index (χ0n) is 13.6. The number of amides is 1. The second kappa shape index (κ2) is 8.84. The van der Waals surface area contributed by atoms with Crippen LogP contribution < -0.4 is 10.1 Å². The quantitative estimate of drug-likeness (QED) is 0.737. The van der Waals surface area contributed by atoms with Crippen molar-refractivity contribution in [3.63, 3.8) is 0 Å². The van der Waals surface area contributed by atoms with Crippen LogP contribution >= 0.6 is 11.8 Å². The number of rotatable bonds is 9. The third-order valence-electron chi connectivity index (χ3n) is 3.81. The molecule has 0 aliphatic rings. The van der Waals surface area contributed by atoms with Gasteiger partial charge in [0.2, 0.25) is 5.91 Å². The molecule has 126 valence electrons. The van der Waals surface area contributed by atoms with Crippen molar-refractivity contribution in [2.45, 2.75) is 25.4 Å². The minimum atomic E-state index is -0.152. The van der Waals surface area contributed by atoms with E-state index in [1.165, 1.54) is 0 Å². The van der Waals surface area contributed by atoms with Crippen molar-refractivity contribution in [1.82, 2.24) is 9.88 Å². The number of fused-ring (bicyclic) bond motifs is 1. The maximum atomic E-state index is 12.0. The van der Waals surface area contributed by atoms with Gasteiger partial charge < -0.3 is 19.7 Å². The number of aliphatic hydroxyl groups excluding tert-OH is 1. The van der Waals surface area contributed by atoms with Crippen LogP contribution in [0, 0.1) is 0 Å². The Kier molecular flexibility index (Phi) is 6.80. The predicted octanol–water partition coefficient (Wildman–Crippen LogP) is 2.27. The molecule has 0 aliphatic carbocycles. The maximum absolute atomic E-state index is 12.0. The van der Waals surface area contributed by atoms with E-state index < -0.39 is 0 Å². The second-order valence-corrected chi connectivity index (χ2v) is 6.40. The standard InChI is InChI=1S/C17H24N2O3S/c1-22-15-3-4-16-13(11-15)5-8-19(16)9-6-17(21)18-14(12-20)7-10-23-2/h3-5,8,11,14,20H,6-7,9-10,12H2,1-2H3,(H,18,21)/t14-/m1/s1. The molecule has 6 heteroatoms. The minimum absolute atomic E-state index is 0.0153. The lowest BCUT2D eigenvalue weighted by Gasteiger charge is -2.16. The highest BCUT2D eigenvalue weighted by molar-refractivity contribution is 7.98. The number of thioether (sulfide) groups is 1. The summed E-state index contributed by atoms with van der Waals surface area (Å²) in [5.41, 5.74) is 1.08. The molecule has 1 aromatic heterocycles. The molecule has 0 spiro atoms. The van der Waals surface area contributed by atoms with Gasteiger partial charge in [-0.1, -0.05) is 0 Å². The van der Waals surface area contributed by atoms with Crippen molar-refractivity contribution in [3.05, 3.63) is 30.5 Å². The number of aromatic nitrogens is 1. The van der Waals surface area contributed by atoms with Gasteiger partial charge in [0.25, 0.3) is 0 Å². The minimum Gasteiger partial charge on any atom is -0.497 e. The van der Waals surface area contributed by atoms with E-state index in [0.29, 0.717) is 13.0 Å². The second-order valence-electron chi connectivity index (χ2n) is 5.41. The number of hydrogen-bond donors (Lipinski definition) is 2. The number of ether oxygens (including phenoxy) is 1. The third-order valence-corrected chi connectivity index (χ3v) is 4.46. The van der Waals surface area contributed by atoms with Crippen LogP contribution in [-0.2, 0) is 11.3 Å². The van der Waals surface area contributed by atoms with E-state index in [4.69, 9.17) is 4.74 Å². The summed E-state index contributed by atoms with van der Waals surface area (Å²) in [6, 6.07) is 7.77. The normalized spacial score (nSPS) is 12.3. The Morgan fingerprint density at radius 3 is 2.96 bits per heavy atom. The Morgan fingerprint density at radius 2 is 2.26 bits per heavy atom. The number of carbonyl (C=O) groups is 1. The van der Waals surface area contributed by atoms with Gasteiger partial charge in [-0.15, -0.1) is 0 Å². The van der Waals surface area contributed by atoms with Crippen LogP contribution in [0.25, 0.3) is 10.9 Å². The predicted molar refractivity (Wildman–Crippen MR) is 95.1 cm³/mol. The van der Waals surface area contributed by atoms with Gasteiger partial charge in [0.15, 0.2) is 0 Å². The number of aliphatic hydroxyl groups is 1. The molecule has 0 aliphatic heterocycles. The first kappa shape index (κ1) is 17.7. The topological polar surface area (TPSA) is 63.5 Å². The van der Waals surface area contributed by atoms with Crippen molar-refractivity contribution in [3.8, 4) is 5.75 Å². The Bertz CT molecular complexity index is 642.